The number of nitrogens with zero attached hydrogens (tertiary/aromatic N) is 2. The molecule has 3 nitrogen and oxygen atoms in total. The van der Waals surface area contributed by atoms with Crippen LogP contribution in [0, 0.1) is 13.8 Å². The summed E-state index contributed by atoms with van der Waals surface area (Å²) in [7, 11) is 0. The van der Waals surface area contributed by atoms with Crippen molar-refractivity contribution in [3.8, 4) is 10.6 Å². The molecule has 0 bridgehead atoms. The van der Waals surface area contributed by atoms with Crippen molar-refractivity contribution < 1.29 is 18.0 Å². The van der Waals surface area contributed by atoms with Crippen LogP contribution in [-0.4, -0.2) is 21.3 Å². The van der Waals surface area contributed by atoms with Crippen molar-refractivity contribution >= 4 is 40.2 Å². The Balaban J connectivity index is 1.60. The fourth-order valence-electron chi connectivity index (χ4n) is 2.53. The molecule has 142 valence electrons. The van der Waals surface area contributed by atoms with Gasteiger partial charge in [0.25, 0.3) is 0 Å². The topological polar surface area (TPSA) is 42.9 Å². The van der Waals surface area contributed by atoms with E-state index in [1.807, 2.05) is 19.2 Å². The third-order valence-electron chi connectivity index (χ3n) is 3.59. The highest BCUT2D eigenvalue weighted by atomic mass is 32.2. The average Bonchev–Trinajstić information content (AvgIpc) is 3.13. The molecule has 9 heteroatoms. The maximum atomic E-state index is 12.3. The van der Waals surface area contributed by atoms with Crippen LogP contribution in [0.4, 0.5) is 13.2 Å². The minimum absolute atomic E-state index is 0.0238. The number of ketones is 1. The Bertz CT molecular complexity index is 946. The fourth-order valence-corrected chi connectivity index (χ4v) is 4.84. The number of aryl methyl sites for hydroxylation is 2. The first-order chi connectivity index (χ1) is 12.7. The smallest absolute Gasteiger partial charge is 0.299 e. The predicted octanol–water partition coefficient (Wildman–Crippen LogP) is 5.85. The molecule has 0 aliphatic heterocycles. The average molecular weight is 429 g/mol. The van der Waals surface area contributed by atoms with Crippen molar-refractivity contribution in [2.75, 3.05) is 0 Å². The summed E-state index contributed by atoms with van der Waals surface area (Å²) in [5, 5.41) is 3.62. The summed E-state index contributed by atoms with van der Waals surface area (Å²) >= 11 is 2.84. The minimum atomic E-state index is -4.31. The van der Waals surface area contributed by atoms with E-state index in [4.69, 9.17) is 0 Å². The van der Waals surface area contributed by atoms with Crippen LogP contribution < -0.4 is 0 Å². The van der Waals surface area contributed by atoms with Gasteiger partial charge in [-0.25, -0.2) is 9.97 Å². The lowest BCUT2D eigenvalue weighted by atomic mass is 10.1. The lowest BCUT2D eigenvalue weighted by Crippen LogP contribution is -2.06. The zero-order chi connectivity index (χ0) is 19.6. The van der Waals surface area contributed by atoms with Crippen LogP contribution in [0.2, 0.25) is 0 Å². The number of thioether (sulfide) groups is 1. The number of hydrogen-bond acceptors (Lipinski definition) is 6. The number of benzene rings is 1. The van der Waals surface area contributed by atoms with Crippen LogP contribution in [-0.2, 0) is 17.6 Å². The summed E-state index contributed by atoms with van der Waals surface area (Å²) in [4.78, 5) is 22.3. The van der Waals surface area contributed by atoms with E-state index in [1.165, 1.54) is 23.5 Å². The van der Waals surface area contributed by atoms with Gasteiger partial charge in [0, 0.05) is 16.7 Å². The Morgan fingerprint density at radius 1 is 1.11 bits per heavy atom. The minimum Gasteiger partial charge on any atom is -0.299 e. The second kappa shape index (κ2) is 8.12. The van der Waals surface area contributed by atoms with Crippen LogP contribution in [0.15, 0.2) is 34.5 Å². The molecule has 0 atom stereocenters. The van der Waals surface area contributed by atoms with Crippen LogP contribution in [0.1, 0.15) is 21.3 Å². The summed E-state index contributed by atoms with van der Waals surface area (Å²) in [6.07, 6.45) is 0.380. The van der Waals surface area contributed by atoms with Gasteiger partial charge in [-0.3, -0.25) is 4.79 Å². The summed E-state index contributed by atoms with van der Waals surface area (Å²) in [6.45, 7) is 3.88. The summed E-state index contributed by atoms with van der Waals surface area (Å²) in [6, 6.07) is 5.89. The number of carbonyl (C=O) groups excluding carboxylic acids is 1. The van der Waals surface area contributed by atoms with Gasteiger partial charge in [-0.2, -0.15) is 13.2 Å². The SMILES string of the molecule is Cc1nc(C)c(-c2csc(CC(=O)Cc3ccc(SC(F)(F)F)cc3)n2)s1. The highest BCUT2D eigenvalue weighted by molar-refractivity contribution is 8.00. The Labute approximate surface area is 166 Å². The Kier molecular flexibility index (Phi) is 6.02. The van der Waals surface area contributed by atoms with E-state index in [-0.39, 0.29) is 35.3 Å². The maximum Gasteiger partial charge on any atom is 0.446 e. The summed E-state index contributed by atoms with van der Waals surface area (Å²) in [5.74, 6) is -0.0238. The van der Waals surface area contributed by atoms with Crippen LogP contribution in [0.25, 0.3) is 10.6 Å². The van der Waals surface area contributed by atoms with Gasteiger partial charge in [-0.15, -0.1) is 22.7 Å². The standard InChI is InChI=1S/C18H15F3N2OS3/c1-10-17(26-11(2)22-10)15-9-25-16(23-15)8-13(24)7-12-3-5-14(6-4-12)27-18(19,20)21/h3-6,9H,7-8H2,1-2H3. The first-order valence-electron chi connectivity index (χ1n) is 7.95. The molecule has 0 unspecified atom stereocenters. The van der Waals surface area contributed by atoms with Crippen molar-refractivity contribution in [1.82, 2.24) is 9.97 Å². The van der Waals surface area contributed by atoms with Gasteiger partial charge in [-0.1, -0.05) is 12.1 Å². The maximum absolute atomic E-state index is 12.3. The Hall–Kier alpha value is -1.71. The zero-order valence-corrected chi connectivity index (χ0v) is 16.9. The van der Waals surface area contributed by atoms with E-state index in [2.05, 4.69) is 9.97 Å². The molecular weight excluding hydrogens is 413 g/mol. The molecule has 0 spiro atoms. The van der Waals surface area contributed by atoms with E-state index in [9.17, 15) is 18.0 Å². The molecule has 3 aromatic rings. The predicted molar refractivity (Wildman–Crippen MR) is 103 cm³/mol. The highest BCUT2D eigenvalue weighted by Crippen LogP contribution is 2.36. The number of alkyl halides is 3. The van der Waals surface area contributed by atoms with E-state index in [1.54, 1.807) is 23.5 Å². The molecule has 0 saturated carbocycles. The van der Waals surface area contributed by atoms with Crippen LogP contribution in [0.5, 0.6) is 0 Å². The van der Waals surface area contributed by atoms with Gasteiger partial charge in [-0.05, 0) is 43.3 Å². The van der Waals surface area contributed by atoms with Gasteiger partial charge >= 0.3 is 5.51 Å². The second-order valence-corrected chi connectivity index (χ2v) is 9.14. The number of halogens is 3. The molecule has 3 rings (SSSR count). The third-order valence-corrected chi connectivity index (χ3v) is 6.28. The number of thiazole rings is 2. The number of rotatable bonds is 6. The van der Waals surface area contributed by atoms with E-state index in [0.29, 0.717) is 5.56 Å². The molecule has 0 aliphatic rings. The molecule has 27 heavy (non-hydrogen) atoms. The zero-order valence-electron chi connectivity index (χ0n) is 14.5. The molecule has 0 aliphatic carbocycles. The fraction of sp³-hybridized carbons (Fsp3) is 0.278. The van der Waals surface area contributed by atoms with Crippen molar-refractivity contribution in [2.45, 2.75) is 37.1 Å². The first kappa shape index (κ1) is 20.0. The molecular formula is C18H15F3N2OS3. The van der Waals surface area contributed by atoms with Gasteiger partial charge < -0.3 is 0 Å². The van der Waals surface area contributed by atoms with E-state index < -0.39 is 5.51 Å². The quantitative estimate of drug-likeness (QED) is 0.462. The van der Waals surface area contributed by atoms with Crippen LogP contribution in [0.3, 0.4) is 0 Å². The summed E-state index contributed by atoms with van der Waals surface area (Å²) < 4.78 is 37.0. The van der Waals surface area contributed by atoms with Crippen molar-refractivity contribution in [1.29, 1.82) is 0 Å². The number of carbonyl (C=O) groups is 1. The van der Waals surface area contributed by atoms with Crippen molar-refractivity contribution in [3.63, 3.8) is 0 Å². The highest BCUT2D eigenvalue weighted by Gasteiger charge is 2.29. The largest absolute Gasteiger partial charge is 0.446 e. The Morgan fingerprint density at radius 2 is 1.81 bits per heavy atom. The second-order valence-electron chi connectivity index (χ2n) is 5.86. The molecule has 2 heterocycles. The summed E-state index contributed by atoms with van der Waals surface area (Å²) in [5.41, 5.74) is -1.86. The third kappa shape index (κ3) is 5.63. The molecule has 0 saturated heterocycles. The van der Waals surface area contributed by atoms with Crippen molar-refractivity contribution in [3.05, 3.63) is 50.9 Å². The van der Waals surface area contributed by atoms with E-state index in [0.717, 1.165) is 26.3 Å². The molecule has 2 aromatic heterocycles. The van der Waals surface area contributed by atoms with E-state index >= 15 is 0 Å². The molecule has 1 aromatic carbocycles. The Morgan fingerprint density at radius 3 is 2.41 bits per heavy atom. The molecule has 0 amide bonds. The monoisotopic (exact) mass is 428 g/mol. The molecule has 0 N–H and O–H groups in total. The van der Waals surface area contributed by atoms with Gasteiger partial charge in [0.05, 0.1) is 27.7 Å². The molecule has 0 fully saturated rings. The number of aromatic nitrogens is 2. The molecule has 0 radical (unpaired) electrons. The lowest BCUT2D eigenvalue weighted by Gasteiger charge is -2.06. The number of Topliss-reactive ketones (excluding diaryl/α,β-unsaturated/α-hetero) is 1. The van der Waals surface area contributed by atoms with Crippen molar-refractivity contribution in [2.24, 2.45) is 0 Å². The van der Waals surface area contributed by atoms with Gasteiger partial charge in [0.15, 0.2) is 0 Å². The first-order valence-corrected chi connectivity index (χ1v) is 10.5. The van der Waals surface area contributed by atoms with Crippen LogP contribution >= 0.6 is 34.4 Å². The number of hydrogen-bond donors (Lipinski definition) is 0. The van der Waals surface area contributed by atoms with Gasteiger partial charge in [0.2, 0.25) is 0 Å². The lowest BCUT2D eigenvalue weighted by molar-refractivity contribution is -0.117. The van der Waals surface area contributed by atoms with Gasteiger partial charge in [0.1, 0.15) is 10.8 Å². The normalized spacial score (nSPS) is 11.7.